The van der Waals surface area contributed by atoms with E-state index in [2.05, 4.69) is 28.6 Å². The molecule has 0 fully saturated rings. The molecule has 2 aromatic carbocycles. The zero-order chi connectivity index (χ0) is 23.8. The molecule has 8 heteroatoms. The van der Waals surface area contributed by atoms with Crippen LogP contribution in [0.25, 0.3) is 11.3 Å². The number of carbonyl (C=O) groups excluding carboxylic acids is 2. The molecule has 5 rings (SSSR count). The summed E-state index contributed by atoms with van der Waals surface area (Å²) in [4.78, 5) is 29.4. The number of aromatic nitrogens is 3. The Bertz CT molecular complexity index is 1420. The molecular formula is C26H24N6O2. The molecule has 0 atom stereocenters. The molecule has 3 heterocycles. The van der Waals surface area contributed by atoms with E-state index in [9.17, 15) is 9.59 Å². The maximum absolute atomic E-state index is 12.6. The number of nitrogens with one attached hydrogen (secondary N) is 2. The number of aryl methyl sites for hydroxylation is 4. The summed E-state index contributed by atoms with van der Waals surface area (Å²) in [6, 6.07) is 18.5. The van der Waals surface area contributed by atoms with Gasteiger partial charge < -0.3 is 16.4 Å². The van der Waals surface area contributed by atoms with E-state index >= 15 is 0 Å². The SMILES string of the molecule is Cc1ccc2c(c1)CCn1nc(-c3ccc(C(=O)Nc4cccc(C)n4)cc3)c(C(N)=O)c1N2. The van der Waals surface area contributed by atoms with Crippen molar-refractivity contribution in [3.8, 4) is 11.3 Å². The number of anilines is 3. The van der Waals surface area contributed by atoms with E-state index in [1.54, 1.807) is 35.0 Å². The van der Waals surface area contributed by atoms with Crippen LogP contribution in [0.5, 0.6) is 0 Å². The Morgan fingerprint density at radius 3 is 2.59 bits per heavy atom. The van der Waals surface area contributed by atoms with Gasteiger partial charge in [0, 0.05) is 29.1 Å². The number of nitrogens with two attached hydrogens (primary N) is 1. The molecule has 2 aromatic heterocycles. The summed E-state index contributed by atoms with van der Waals surface area (Å²) in [6.07, 6.45) is 0.780. The Balaban J connectivity index is 1.45. The smallest absolute Gasteiger partial charge is 0.256 e. The number of primary amides is 1. The van der Waals surface area contributed by atoms with Crippen LogP contribution in [-0.4, -0.2) is 26.6 Å². The lowest BCUT2D eigenvalue weighted by atomic mass is 10.0. The molecule has 2 amide bonds. The summed E-state index contributed by atoms with van der Waals surface area (Å²) in [5.74, 6) is 0.238. The van der Waals surface area contributed by atoms with Crippen LogP contribution in [-0.2, 0) is 13.0 Å². The Labute approximate surface area is 196 Å². The highest BCUT2D eigenvalue weighted by molar-refractivity contribution is 6.06. The molecule has 0 spiro atoms. The lowest BCUT2D eigenvalue weighted by Crippen LogP contribution is -2.14. The van der Waals surface area contributed by atoms with Crippen molar-refractivity contribution in [2.24, 2.45) is 5.73 Å². The van der Waals surface area contributed by atoms with Crippen LogP contribution in [0, 0.1) is 13.8 Å². The highest BCUT2D eigenvalue weighted by atomic mass is 16.2. The zero-order valence-corrected chi connectivity index (χ0v) is 18.9. The minimum Gasteiger partial charge on any atom is -0.365 e. The van der Waals surface area contributed by atoms with Crippen LogP contribution >= 0.6 is 0 Å². The third-order valence-electron chi connectivity index (χ3n) is 5.86. The van der Waals surface area contributed by atoms with Gasteiger partial charge in [-0.2, -0.15) is 5.10 Å². The fraction of sp³-hybridized carbons (Fsp3) is 0.154. The standard InChI is InChI=1S/C26H24N6O2/c1-15-6-11-20-19(14-15)12-13-32-25(29-20)22(24(27)33)23(31-32)17-7-9-18(10-8-17)26(34)30-21-5-3-4-16(2)28-21/h3-11,14,29H,12-13H2,1-2H3,(H2,27,33)(H,28,30,34). The van der Waals surface area contributed by atoms with Gasteiger partial charge in [0.05, 0.1) is 0 Å². The maximum Gasteiger partial charge on any atom is 0.256 e. The predicted molar refractivity (Wildman–Crippen MR) is 131 cm³/mol. The van der Waals surface area contributed by atoms with Gasteiger partial charge in [-0.3, -0.25) is 9.59 Å². The lowest BCUT2D eigenvalue weighted by molar-refractivity contribution is 0.0998. The van der Waals surface area contributed by atoms with Crippen molar-refractivity contribution in [1.82, 2.24) is 14.8 Å². The van der Waals surface area contributed by atoms with Crippen molar-refractivity contribution in [3.05, 3.63) is 88.6 Å². The molecule has 4 N–H and O–H groups in total. The lowest BCUT2D eigenvalue weighted by Gasteiger charge is -2.10. The van der Waals surface area contributed by atoms with Crippen LogP contribution in [0.15, 0.2) is 60.7 Å². The summed E-state index contributed by atoms with van der Waals surface area (Å²) in [6.45, 7) is 4.53. The van der Waals surface area contributed by atoms with E-state index in [0.717, 1.165) is 17.8 Å². The Morgan fingerprint density at radius 2 is 1.85 bits per heavy atom. The number of hydrogen-bond donors (Lipinski definition) is 3. The van der Waals surface area contributed by atoms with Crippen LogP contribution in [0.1, 0.15) is 37.5 Å². The van der Waals surface area contributed by atoms with Crippen molar-refractivity contribution in [2.75, 3.05) is 10.6 Å². The fourth-order valence-electron chi connectivity index (χ4n) is 4.17. The van der Waals surface area contributed by atoms with Crippen LogP contribution in [0.4, 0.5) is 17.3 Å². The minimum atomic E-state index is -0.563. The van der Waals surface area contributed by atoms with E-state index in [1.807, 2.05) is 31.2 Å². The first-order valence-electron chi connectivity index (χ1n) is 11.0. The van der Waals surface area contributed by atoms with Gasteiger partial charge in [0.2, 0.25) is 0 Å². The number of benzene rings is 2. The number of carbonyl (C=O) groups is 2. The molecule has 0 radical (unpaired) electrons. The molecule has 8 nitrogen and oxygen atoms in total. The molecule has 0 bridgehead atoms. The molecule has 1 aliphatic rings. The minimum absolute atomic E-state index is 0.269. The molecule has 4 aromatic rings. The summed E-state index contributed by atoms with van der Waals surface area (Å²) in [5.41, 5.74) is 11.9. The molecule has 0 saturated carbocycles. The normalized spacial score (nSPS) is 12.2. The monoisotopic (exact) mass is 452 g/mol. The van der Waals surface area contributed by atoms with Gasteiger partial charge >= 0.3 is 0 Å². The van der Waals surface area contributed by atoms with E-state index in [1.165, 1.54) is 11.1 Å². The van der Waals surface area contributed by atoms with Gasteiger partial charge in [0.15, 0.2) is 0 Å². The summed E-state index contributed by atoms with van der Waals surface area (Å²) in [5, 5.41) is 10.9. The first-order valence-corrected chi connectivity index (χ1v) is 11.0. The topological polar surface area (TPSA) is 115 Å². The molecule has 0 aliphatic carbocycles. The molecule has 1 aliphatic heterocycles. The second kappa shape index (κ2) is 8.47. The summed E-state index contributed by atoms with van der Waals surface area (Å²) >= 11 is 0. The molecule has 0 saturated heterocycles. The van der Waals surface area contributed by atoms with Gasteiger partial charge in [0.1, 0.15) is 22.9 Å². The highest BCUT2D eigenvalue weighted by Gasteiger charge is 2.26. The predicted octanol–water partition coefficient (Wildman–Crippen LogP) is 4.21. The maximum atomic E-state index is 12.6. The van der Waals surface area contributed by atoms with Gasteiger partial charge in [0.25, 0.3) is 11.8 Å². The van der Waals surface area contributed by atoms with Crippen molar-refractivity contribution >= 4 is 29.1 Å². The largest absolute Gasteiger partial charge is 0.365 e. The number of amides is 2. The number of nitrogens with zero attached hydrogens (tertiary/aromatic N) is 3. The van der Waals surface area contributed by atoms with Crippen molar-refractivity contribution in [3.63, 3.8) is 0 Å². The Kier molecular flexibility index (Phi) is 5.33. The second-order valence-corrected chi connectivity index (χ2v) is 8.39. The van der Waals surface area contributed by atoms with Gasteiger partial charge in [-0.25, -0.2) is 9.67 Å². The van der Waals surface area contributed by atoms with Crippen molar-refractivity contribution < 1.29 is 9.59 Å². The Hall–Kier alpha value is -4.46. The van der Waals surface area contributed by atoms with E-state index < -0.39 is 5.91 Å². The number of hydrogen-bond acceptors (Lipinski definition) is 5. The highest BCUT2D eigenvalue weighted by Crippen LogP contribution is 2.34. The van der Waals surface area contributed by atoms with E-state index in [-0.39, 0.29) is 5.91 Å². The summed E-state index contributed by atoms with van der Waals surface area (Å²) in [7, 11) is 0. The average molecular weight is 453 g/mol. The van der Waals surface area contributed by atoms with Crippen LogP contribution in [0.3, 0.4) is 0 Å². The molecular weight excluding hydrogens is 428 g/mol. The summed E-state index contributed by atoms with van der Waals surface area (Å²) < 4.78 is 1.79. The average Bonchev–Trinajstić information content (AvgIpc) is 3.08. The third-order valence-corrected chi connectivity index (χ3v) is 5.86. The number of pyridine rings is 1. The van der Waals surface area contributed by atoms with Gasteiger partial charge in [-0.05, 0) is 56.2 Å². The van der Waals surface area contributed by atoms with E-state index in [0.29, 0.717) is 40.6 Å². The second-order valence-electron chi connectivity index (χ2n) is 8.39. The van der Waals surface area contributed by atoms with E-state index in [4.69, 9.17) is 10.8 Å². The first-order chi connectivity index (χ1) is 16.4. The zero-order valence-electron chi connectivity index (χ0n) is 18.9. The van der Waals surface area contributed by atoms with Crippen LogP contribution < -0.4 is 16.4 Å². The fourth-order valence-corrected chi connectivity index (χ4v) is 4.17. The molecule has 0 unspecified atom stereocenters. The van der Waals surface area contributed by atoms with Gasteiger partial charge in [-0.1, -0.05) is 35.9 Å². The quantitative estimate of drug-likeness (QED) is 0.429. The number of rotatable bonds is 4. The van der Waals surface area contributed by atoms with Crippen molar-refractivity contribution in [1.29, 1.82) is 0 Å². The van der Waals surface area contributed by atoms with Gasteiger partial charge in [-0.15, -0.1) is 0 Å². The Morgan fingerprint density at radius 1 is 1.06 bits per heavy atom. The third kappa shape index (κ3) is 4.01. The number of fused-ring (bicyclic) bond motifs is 2. The molecule has 170 valence electrons. The van der Waals surface area contributed by atoms with Crippen molar-refractivity contribution in [2.45, 2.75) is 26.8 Å². The first kappa shape index (κ1) is 21.4. The van der Waals surface area contributed by atoms with Crippen LogP contribution in [0.2, 0.25) is 0 Å². The molecule has 34 heavy (non-hydrogen) atoms.